The van der Waals surface area contributed by atoms with Crippen LogP contribution in [0.1, 0.15) is 5.56 Å². The Morgan fingerprint density at radius 2 is 1.44 bits per heavy atom. The van der Waals surface area contributed by atoms with Crippen LogP contribution >= 0.6 is 0 Å². The van der Waals surface area contributed by atoms with Crippen molar-refractivity contribution >= 4 is 11.7 Å². The molecular weight excluding hydrogens is 355 g/mol. The largest absolute Gasteiger partial charge is 0.443 e. The van der Waals surface area contributed by atoms with Crippen molar-refractivity contribution in [3.8, 4) is 0 Å². The molecule has 3 rings (SSSR count). The van der Waals surface area contributed by atoms with Crippen molar-refractivity contribution < 1.29 is 30.7 Å². The van der Waals surface area contributed by atoms with Crippen molar-refractivity contribution in [2.24, 2.45) is 9.98 Å². The summed E-state index contributed by atoms with van der Waals surface area (Å²) in [5, 5.41) is 0. The number of nitrogens with zero attached hydrogens (tertiary/aromatic N) is 3. The number of hydrogen-bond donors (Lipinski definition) is 0. The van der Waals surface area contributed by atoms with E-state index in [4.69, 9.17) is 0 Å². The quantitative estimate of drug-likeness (QED) is 0.688. The summed E-state index contributed by atoms with van der Waals surface area (Å²) in [5.41, 5.74) is -4.75. The van der Waals surface area contributed by atoms with Crippen LogP contribution in [-0.4, -0.2) is 34.6 Å². The maximum atomic E-state index is 13.3. The third kappa shape index (κ3) is 2.71. The molecule has 1 aromatic carbocycles. The van der Waals surface area contributed by atoms with Crippen molar-refractivity contribution in [1.29, 1.82) is 0 Å². The molecule has 0 fully saturated rings. The molecule has 0 saturated heterocycles. The van der Waals surface area contributed by atoms with E-state index in [2.05, 4.69) is 9.98 Å². The highest BCUT2D eigenvalue weighted by Gasteiger charge is 2.73. The summed E-state index contributed by atoms with van der Waals surface area (Å²) in [4.78, 5) is 6.78. The van der Waals surface area contributed by atoms with Crippen LogP contribution in [0.15, 0.2) is 58.7 Å². The molecule has 1 aromatic rings. The Kier molecular flexibility index (Phi) is 3.73. The molecule has 0 aliphatic carbocycles. The summed E-state index contributed by atoms with van der Waals surface area (Å²) in [5.74, 6) is -1.91. The number of rotatable bonds is 1. The fourth-order valence-electron chi connectivity index (χ4n) is 2.32. The highest BCUT2D eigenvalue weighted by molar-refractivity contribution is 6.15. The minimum absolute atomic E-state index is 0.119. The Balaban J connectivity index is 2.27. The van der Waals surface area contributed by atoms with Crippen molar-refractivity contribution in [2.45, 2.75) is 18.0 Å². The van der Waals surface area contributed by atoms with Crippen LogP contribution < -0.4 is 0 Å². The third-order valence-corrected chi connectivity index (χ3v) is 3.50. The molecule has 0 amide bonds. The molecule has 0 atom stereocenters. The maximum absolute atomic E-state index is 13.3. The van der Waals surface area contributed by atoms with Gasteiger partial charge in [0.15, 0.2) is 0 Å². The van der Waals surface area contributed by atoms with Gasteiger partial charge in [0.2, 0.25) is 0 Å². The number of aliphatic imine (C=N–C) groups is 2. The topological polar surface area (TPSA) is 28.0 Å². The van der Waals surface area contributed by atoms with E-state index in [1.807, 2.05) is 0 Å². The van der Waals surface area contributed by atoms with E-state index >= 15 is 0 Å². The first-order valence-corrected chi connectivity index (χ1v) is 6.78. The number of alkyl halides is 6. The summed E-state index contributed by atoms with van der Waals surface area (Å²) in [6.07, 6.45) is -6.76. The third-order valence-electron chi connectivity index (χ3n) is 3.50. The first-order valence-electron chi connectivity index (χ1n) is 6.78. The van der Waals surface area contributed by atoms with Crippen molar-refractivity contribution in [3.63, 3.8) is 0 Å². The monoisotopic (exact) mass is 363 g/mol. The summed E-state index contributed by atoms with van der Waals surface area (Å²) in [6, 6.07) is 3.91. The first-order chi connectivity index (χ1) is 11.6. The van der Waals surface area contributed by atoms with E-state index in [9.17, 15) is 30.7 Å². The van der Waals surface area contributed by atoms with Crippen molar-refractivity contribution in [3.05, 3.63) is 60.1 Å². The van der Waals surface area contributed by atoms with Gasteiger partial charge in [0.25, 0.3) is 0 Å². The van der Waals surface area contributed by atoms with E-state index in [-0.39, 0.29) is 5.56 Å². The molecule has 10 heteroatoms. The molecule has 0 aromatic heterocycles. The van der Waals surface area contributed by atoms with Gasteiger partial charge in [-0.05, 0) is 36.4 Å². The van der Waals surface area contributed by atoms with Crippen LogP contribution in [0.5, 0.6) is 0 Å². The van der Waals surface area contributed by atoms with Gasteiger partial charge in [-0.2, -0.15) is 26.3 Å². The van der Waals surface area contributed by atoms with E-state index in [0.29, 0.717) is 0 Å². The Morgan fingerprint density at radius 3 is 2.00 bits per heavy atom. The minimum Gasteiger partial charge on any atom is -0.286 e. The van der Waals surface area contributed by atoms with Gasteiger partial charge >= 0.3 is 18.0 Å². The average Bonchev–Trinajstić information content (AvgIpc) is 2.52. The number of hydrogen-bond acceptors (Lipinski definition) is 3. The SMILES string of the molecule is Fc1ccc(C2=NC(C(F)(F)F)(C(F)(F)F)N=C3C=CC=CN32)cc1. The number of amidine groups is 2. The molecule has 0 saturated carbocycles. The molecule has 3 nitrogen and oxygen atoms in total. The van der Waals surface area contributed by atoms with E-state index in [1.165, 1.54) is 18.4 Å². The number of halogens is 7. The van der Waals surface area contributed by atoms with Gasteiger partial charge in [0.05, 0.1) is 0 Å². The predicted octanol–water partition coefficient (Wildman–Crippen LogP) is 4.19. The lowest BCUT2D eigenvalue weighted by Crippen LogP contribution is -2.58. The molecule has 2 aliphatic heterocycles. The lowest BCUT2D eigenvalue weighted by Gasteiger charge is -2.38. The normalized spacial score (nSPS) is 19.4. The molecule has 0 unspecified atom stereocenters. The second-order valence-corrected chi connectivity index (χ2v) is 5.15. The highest BCUT2D eigenvalue weighted by Crippen LogP contribution is 2.49. The molecule has 0 radical (unpaired) electrons. The smallest absolute Gasteiger partial charge is 0.286 e. The Hall–Kier alpha value is -2.65. The zero-order valence-corrected chi connectivity index (χ0v) is 12.1. The first kappa shape index (κ1) is 17.2. The maximum Gasteiger partial charge on any atom is 0.443 e. The number of benzene rings is 1. The summed E-state index contributed by atoms with van der Waals surface area (Å²) >= 11 is 0. The van der Waals surface area contributed by atoms with Gasteiger partial charge in [0, 0.05) is 11.8 Å². The van der Waals surface area contributed by atoms with Gasteiger partial charge in [-0.1, -0.05) is 6.08 Å². The molecule has 0 bridgehead atoms. The molecule has 2 aliphatic rings. The van der Waals surface area contributed by atoms with Crippen LogP contribution in [-0.2, 0) is 0 Å². The number of fused-ring (bicyclic) bond motifs is 1. The van der Waals surface area contributed by atoms with Crippen LogP contribution in [0.2, 0.25) is 0 Å². The zero-order chi connectivity index (χ0) is 18.5. The summed E-state index contributed by atoms with van der Waals surface area (Å²) in [6.45, 7) is 0. The second kappa shape index (κ2) is 5.43. The standard InChI is InChI=1S/C15H8F7N3/c16-10-6-4-9(5-7-10)12-24-13(14(17,18)19,15(20,21)22)23-11-3-1-2-8-25(11)12/h1-8H. The lowest BCUT2D eigenvalue weighted by molar-refractivity contribution is -0.292. The van der Waals surface area contributed by atoms with Crippen molar-refractivity contribution in [2.75, 3.05) is 0 Å². The predicted molar refractivity (Wildman–Crippen MR) is 75.3 cm³/mol. The minimum atomic E-state index is -5.81. The molecule has 0 N–H and O–H groups in total. The van der Waals surface area contributed by atoms with Crippen LogP contribution in [0.4, 0.5) is 30.7 Å². The molecule has 132 valence electrons. The van der Waals surface area contributed by atoms with E-state index in [0.717, 1.165) is 35.2 Å². The van der Waals surface area contributed by atoms with Gasteiger partial charge < -0.3 is 0 Å². The fourth-order valence-corrected chi connectivity index (χ4v) is 2.32. The van der Waals surface area contributed by atoms with Crippen LogP contribution in [0.25, 0.3) is 0 Å². The van der Waals surface area contributed by atoms with Gasteiger partial charge in [-0.15, -0.1) is 0 Å². The average molecular weight is 363 g/mol. The van der Waals surface area contributed by atoms with E-state index in [1.54, 1.807) is 0 Å². The summed E-state index contributed by atoms with van der Waals surface area (Å²) < 4.78 is 93.2. The van der Waals surface area contributed by atoms with Crippen molar-refractivity contribution in [1.82, 2.24) is 4.90 Å². The van der Waals surface area contributed by atoms with Crippen LogP contribution in [0.3, 0.4) is 0 Å². The second-order valence-electron chi connectivity index (χ2n) is 5.15. The zero-order valence-electron chi connectivity index (χ0n) is 12.1. The van der Waals surface area contributed by atoms with Gasteiger partial charge in [0.1, 0.15) is 17.5 Å². The van der Waals surface area contributed by atoms with Gasteiger partial charge in [-0.25, -0.2) is 14.4 Å². The Bertz CT molecular complexity index is 784. The van der Waals surface area contributed by atoms with Gasteiger partial charge in [-0.3, -0.25) is 4.90 Å². The Labute approximate surface area is 136 Å². The summed E-state index contributed by atoms with van der Waals surface area (Å²) in [7, 11) is 0. The van der Waals surface area contributed by atoms with E-state index < -0.39 is 35.5 Å². The molecular formula is C15H8F7N3. The fraction of sp³-hybridized carbons (Fsp3) is 0.200. The Morgan fingerprint density at radius 1 is 0.840 bits per heavy atom. The number of allylic oxidation sites excluding steroid dienone is 2. The molecule has 25 heavy (non-hydrogen) atoms. The molecule has 0 spiro atoms. The molecule has 2 heterocycles. The van der Waals surface area contributed by atoms with Crippen LogP contribution in [0, 0.1) is 5.82 Å². The lowest BCUT2D eigenvalue weighted by atomic mass is 10.1. The highest BCUT2D eigenvalue weighted by atomic mass is 19.4.